The van der Waals surface area contributed by atoms with Gasteiger partial charge in [0, 0.05) is 0 Å². The maximum atomic E-state index is 3.28. The van der Waals surface area contributed by atoms with E-state index in [1.807, 2.05) is 0 Å². The molecule has 1 atom stereocenters. The Morgan fingerprint density at radius 1 is 0.690 bits per heavy atom. The smallest absolute Gasteiger partial charge is 0.236 e. The van der Waals surface area contributed by atoms with Crippen LogP contribution in [-0.2, 0) is 0 Å². The molecule has 1 aromatic rings. The largest absolute Gasteiger partial charge is 0.422 e. The summed E-state index contributed by atoms with van der Waals surface area (Å²) in [6, 6.07) is 9.56. The van der Waals surface area contributed by atoms with Gasteiger partial charge in [0.25, 0.3) is 0 Å². The zero-order valence-electron chi connectivity index (χ0n) is 18.6. The number of fused-ring (bicyclic) bond motifs is 5. The van der Waals surface area contributed by atoms with Crippen LogP contribution >= 0.6 is 0 Å². The zero-order valence-corrected chi connectivity index (χ0v) is 18.6. The SMILES string of the molecule is CC1CB(N(B2C3CCCC2CCC3)B2C3CCCC2CCC3)c2ccccc21. The summed E-state index contributed by atoms with van der Waals surface area (Å²) in [6.45, 7) is 5.00. The van der Waals surface area contributed by atoms with Gasteiger partial charge in [-0.3, -0.25) is 0 Å². The molecular weight excluding hydrogens is 347 g/mol. The lowest BCUT2D eigenvalue weighted by atomic mass is 9.19. The first-order valence-electron chi connectivity index (χ1n) is 13.2. The van der Waals surface area contributed by atoms with Gasteiger partial charge >= 0.3 is 0 Å². The number of nitrogens with zero attached hydrogens (tertiary/aromatic N) is 1. The Bertz CT molecular complexity index is 663. The van der Waals surface area contributed by atoms with Gasteiger partial charge in [-0.2, -0.15) is 0 Å². The van der Waals surface area contributed by atoms with Crippen LogP contribution in [-0.4, -0.2) is 25.2 Å². The highest BCUT2D eigenvalue weighted by molar-refractivity contribution is 6.94. The second-order valence-electron chi connectivity index (χ2n) is 11.5. The van der Waals surface area contributed by atoms with Gasteiger partial charge < -0.3 is 4.63 Å². The van der Waals surface area contributed by atoms with E-state index in [1.54, 1.807) is 11.0 Å². The van der Waals surface area contributed by atoms with Gasteiger partial charge in [0.2, 0.25) is 20.5 Å². The lowest BCUT2D eigenvalue weighted by molar-refractivity contribution is 0.406. The molecule has 4 heteroatoms. The summed E-state index contributed by atoms with van der Waals surface area (Å²) in [7, 11) is 0. The normalized spacial score (nSPS) is 36.5. The lowest BCUT2D eigenvalue weighted by Crippen LogP contribution is -2.67. The molecule has 5 heterocycles. The van der Waals surface area contributed by atoms with Crippen LogP contribution in [0.5, 0.6) is 0 Å². The second-order valence-corrected chi connectivity index (χ2v) is 11.5. The molecule has 1 nitrogen and oxygen atoms in total. The average molecular weight is 385 g/mol. The summed E-state index contributed by atoms with van der Waals surface area (Å²) in [5, 5.41) is 0. The van der Waals surface area contributed by atoms with Crippen LogP contribution in [0.15, 0.2) is 24.3 Å². The molecule has 29 heavy (non-hydrogen) atoms. The molecule has 1 unspecified atom stereocenters. The van der Waals surface area contributed by atoms with Crippen LogP contribution in [0.4, 0.5) is 0 Å². The first-order chi connectivity index (χ1) is 14.3. The molecule has 6 rings (SSSR count). The minimum atomic E-state index is 0.707. The molecule has 1 aromatic carbocycles. The van der Waals surface area contributed by atoms with Gasteiger partial charge in [-0.05, 0) is 41.1 Å². The summed E-state index contributed by atoms with van der Waals surface area (Å²) in [5.74, 6) is 4.72. The molecular formula is C25H38B3N. The minimum Gasteiger partial charge on any atom is -0.422 e. The van der Waals surface area contributed by atoms with Crippen molar-refractivity contribution >= 4 is 26.0 Å². The van der Waals surface area contributed by atoms with Gasteiger partial charge in [0.05, 0.1) is 0 Å². The second kappa shape index (κ2) is 7.81. The van der Waals surface area contributed by atoms with E-state index in [1.165, 1.54) is 83.4 Å². The molecule has 0 spiro atoms. The van der Waals surface area contributed by atoms with Crippen molar-refractivity contribution in [3.05, 3.63) is 29.8 Å². The fourth-order valence-corrected chi connectivity index (χ4v) is 9.00. The van der Waals surface area contributed by atoms with E-state index in [2.05, 4.69) is 35.8 Å². The molecule has 152 valence electrons. The van der Waals surface area contributed by atoms with Gasteiger partial charge in [0.15, 0.2) is 0 Å². The Morgan fingerprint density at radius 3 is 1.62 bits per heavy atom. The van der Waals surface area contributed by atoms with E-state index in [0.29, 0.717) is 6.85 Å². The van der Waals surface area contributed by atoms with Crippen molar-refractivity contribution in [3.63, 3.8) is 0 Å². The van der Waals surface area contributed by atoms with E-state index in [4.69, 9.17) is 0 Å². The Balaban J connectivity index is 1.44. The minimum absolute atomic E-state index is 0.707. The lowest BCUT2D eigenvalue weighted by Gasteiger charge is -2.55. The molecule has 0 aromatic heterocycles. The average Bonchev–Trinajstić information content (AvgIpc) is 3.05. The third-order valence-corrected chi connectivity index (χ3v) is 10.0. The van der Waals surface area contributed by atoms with Gasteiger partial charge in [-0.15, -0.1) is 0 Å². The topological polar surface area (TPSA) is 3.24 Å². The van der Waals surface area contributed by atoms with Gasteiger partial charge in [0.1, 0.15) is 0 Å². The number of rotatable bonds is 3. The molecule has 4 saturated heterocycles. The Morgan fingerprint density at radius 2 is 1.14 bits per heavy atom. The van der Waals surface area contributed by atoms with Crippen molar-refractivity contribution in [2.24, 2.45) is 0 Å². The van der Waals surface area contributed by atoms with Crippen molar-refractivity contribution in [2.45, 2.75) is 119 Å². The van der Waals surface area contributed by atoms with Crippen LogP contribution in [0.2, 0.25) is 29.6 Å². The van der Waals surface area contributed by atoms with Crippen molar-refractivity contribution in [2.75, 3.05) is 0 Å². The van der Waals surface area contributed by atoms with Crippen LogP contribution in [0.3, 0.4) is 0 Å². The summed E-state index contributed by atoms with van der Waals surface area (Å²) in [5.41, 5.74) is 3.39. The van der Waals surface area contributed by atoms with Crippen molar-refractivity contribution < 1.29 is 0 Å². The van der Waals surface area contributed by atoms with E-state index in [-0.39, 0.29) is 0 Å². The monoisotopic (exact) mass is 385 g/mol. The van der Waals surface area contributed by atoms with Crippen molar-refractivity contribution in [1.82, 2.24) is 4.63 Å². The van der Waals surface area contributed by atoms with E-state index in [0.717, 1.165) is 42.9 Å². The van der Waals surface area contributed by atoms with E-state index >= 15 is 0 Å². The predicted octanol–water partition coefficient (Wildman–Crippen LogP) is 6.50. The highest BCUT2D eigenvalue weighted by atomic mass is 15.0. The van der Waals surface area contributed by atoms with Crippen molar-refractivity contribution in [3.8, 4) is 0 Å². The van der Waals surface area contributed by atoms with Crippen LogP contribution in [0.1, 0.15) is 95.5 Å². The highest BCUT2D eigenvalue weighted by Crippen LogP contribution is 2.54. The van der Waals surface area contributed by atoms with Crippen molar-refractivity contribution in [1.29, 1.82) is 0 Å². The fourth-order valence-electron chi connectivity index (χ4n) is 9.00. The molecule has 0 aliphatic carbocycles. The Labute approximate surface area is 180 Å². The summed E-state index contributed by atoms with van der Waals surface area (Å²) in [6.07, 6.45) is 19.6. The first kappa shape index (κ1) is 19.1. The van der Waals surface area contributed by atoms with Crippen LogP contribution in [0.25, 0.3) is 0 Å². The Kier molecular flexibility index (Phi) is 5.14. The number of benzene rings is 1. The Hall–Kier alpha value is -0.625. The fraction of sp³-hybridized carbons (Fsp3) is 0.760. The number of hydrogen-bond acceptors (Lipinski definition) is 1. The third kappa shape index (κ3) is 3.19. The predicted molar refractivity (Wildman–Crippen MR) is 129 cm³/mol. The maximum Gasteiger partial charge on any atom is 0.236 e. The highest BCUT2D eigenvalue weighted by Gasteiger charge is 2.55. The molecule has 5 aliphatic rings. The quantitative estimate of drug-likeness (QED) is 0.537. The molecule has 4 bridgehead atoms. The molecule has 0 radical (unpaired) electrons. The summed E-state index contributed by atoms with van der Waals surface area (Å²) < 4.78 is 3.28. The maximum absolute atomic E-state index is 3.28. The van der Waals surface area contributed by atoms with E-state index < -0.39 is 0 Å². The van der Waals surface area contributed by atoms with Gasteiger partial charge in [-0.25, -0.2) is 0 Å². The first-order valence-corrected chi connectivity index (χ1v) is 13.2. The van der Waals surface area contributed by atoms with E-state index in [9.17, 15) is 0 Å². The molecule has 0 N–H and O–H groups in total. The molecule has 0 amide bonds. The molecule has 4 fully saturated rings. The van der Waals surface area contributed by atoms with Crippen LogP contribution < -0.4 is 5.46 Å². The number of hydrogen-bond donors (Lipinski definition) is 0. The summed E-state index contributed by atoms with van der Waals surface area (Å²) >= 11 is 0. The summed E-state index contributed by atoms with van der Waals surface area (Å²) in [4.78, 5) is 0. The zero-order chi connectivity index (χ0) is 19.4. The molecule has 0 saturated carbocycles. The third-order valence-electron chi connectivity index (χ3n) is 10.0. The molecule has 5 aliphatic heterocycles. The standard InChI is InChI=1S/C25H38B3N/c1-19-18-26(25-17-3-2-16-24(19)25)29(27-20-8-4-9-21(27)11-5-10-20)28-22-12-6-13-23(28)15-7-14-22/h2-3,16-17,19-23H,4-15,18H2,1H3. The van der Waals surface area contributed by atoms with Gasteiger partial charge in [-0.1, -0.05) is 114 Å². The van der Waals surface area contributed by atoms with Crippen LogP contribution in [0, 0.1) is 0 Å².